The van der Waals surface area contributed by atoms with Crippen LogP contribution in [0.3, 0.4) is 0 Å². The Labute approximate surface area is 208 Å². The summed E-state index contributed by atoms with van der Waals surface area (Å²) in [6.07, 6.45) is 3.45. The molecule has 0 N–H and O–H groups in total. The zero-order chi connectivity index (χ0) is 24.4. The summed E-state index contributed by atoms with van der Waals surface area (Å²) in [6.45, 7) is 1.93. The molecule has 0 unspecified atom stereocenters. The van der Waals surface area contributed by atoms with Crippen LogP contribution in [0.5, 0.6) is 0 Å². The molecule has 0 aliphatic heterocycles. The number of para-hydroxylation sites is 1. The molecule has 6 nitrogen and oxygen atoms in total. The third kappa shape index (κ3) is 4.68. The average molecular weight is 496 g/mol. The summed E-state index contributed by atoms with van der Waals surface area (Å²) in [5, 5.41) is 13.6. The largest absolute Gasteiger partial charge is 0.324 e. The van der Waals surface area contributed by atoms with E-state index in [0.29, 0.717) is 27.3 Å². The third-order valence-electron chi connectivity index (χ3n) is 5.28. The molecular formula is C27H17N3O3S2. The van der Waals surface area contributed by atoms with Crippen LogP contribution in [0.15, 0.2) is 76.9 Å². The number of nitro groups is 1. The van der Waals surface area contributed by atoms with Gasteiger partial charge < -0.3 is 0 Å². The molecule has 0 amide bonds. The Kier molecular flexibility index (Phi) is 6.10. The predicted molar refractivity (Wildman–Crippen MR) is 142 cm³/mol. The number of aryl methyl sites for hydroxylation is 1. The minimum Gasteiger partial charge on any atom is -0.268 e. The Hall–Kier alpha value is -4.32. The van der Waals surface area contributed by atoms with E-state index in [-0.39, 0.29) is 10.6 Å². The van der Waals surface area contributed by atoms with Gasteiger partial charge in [0.05, 0.1) is 26.4 Å². The number of rotatable bonds is 4. The number of nitrogens with zero attached hydrogens (tertiary/aromatic N) is 3. The van der Waals surface area contributed by atoms with Crippen molar-refractivity contribution < 1.29 is 4.92 Å². The van der Waals surface area contributed by atoms with Gasteiger partial charge in [-0.3, -0.25) is 19.5 Å². The van der Waals surface area contributed by atoms with Crippen LogP contribution in [0.25, 0.3) is 28.7 Å². The highest BCUT2D eigenvalue weighted by molar-refractivity contribution is 7.16. The first kappa shape index (κ1) is 22.5. The highest BCUT2D eigenvalue weighted by Crippen LogP contribution is 2.26. The average Bonchev–Trinajstić information content (AvgIpc) is 3.55. The molecule has 5 rings (SSSR count). The van der Waals surface area contributed by atoms with Crippen molar-refractivity contribution in [2.24, 2.45) is 0 Å². The Morgan fingerprint density at radius 2 is 1.89 bits per heavy atom. The van der Waals surface area contributed by atoms with Crippen LogP contribution in [-0.2, 0) is 0 Å². The van der Waals surface area contributed by atoms with Crippen LogP contribution in [0, 0.1) is 28.9 Å². The molecule has 5 aromatic rings. The lowest BCUT2D eigenvalue weighted by Gasteiger charge is -2.14. The molecule has 8 heteroatoms. The topological polar surface area (TPSA) is 78.0 Å². The molecule has 0 spiro atoms. The number of aromatic nitrogens is 2. The predicted octanol–water partition coefficient (Wildman–Crippen LogP) is 6.30. The number of benzene rings is 2. The maximum Gasteiger partial charge on any atom is 0.324 e. The van der Waals surface area contributed by atoms with Gasteiger partial charge in [0.1, 0.15) is 5.82 Å². The van der Waals surface area contributed by atoms with Crippen LogP contribution >= 0.6 is 22.7 Å². The van der Waals surface area contributed by atoms with Gasteiger partial charge >= 0.3 is 5.00 Å². The summed E-state index contributed by atoms with van der Waals surface area (Å²) in [5.74, 6) is 6.76. The van der Waals surface area contributed by atoms with Gasteiger partial charge in [-0.2, -0.15) is 0 Å². The second-order valence-corrected chi connectivity index (χ2v) is 9.66. The zero-order valence-corrected chi connectivity index (χ0v) is 20.1. The number of hydrogen-bond acceptors (Lipinski definition) is 6. The summed E-state index contributed by atoms with van der Waals surface area (Å²) in [6, 6.07) is 20.0. The van der Waals surface area contributed by atoms with Gasteiger partial charge in [0.15, 0.2) is 0 Å². The first-order chi connectivity index (χ1) is 17.0. The van der Waals surface area contributed by atoms with Crippen LogP contribution in [-0.4, -0.2) is 14.5 Å². The standard InChI is InChI=1S/C27H17N3O3S2/c1-18-17-19(8-10-20-5-4-16-34-20)9-13-24(18)29-25(14-11-21-12-15-26(35-21)30(32)33)28-23-7-3-2-6-22(23)27(29)31/h2-7,9,11-17H,1H3. The quantitative estimate of drug-likeness (QED) is 0.167. The second-order valence-electron chi connectivity index (χ2n) is 7.62. The van der Waals surface area contributed by atoms with Crippen molar-refractivity contribution >= 4 is 50.7 Å². The smallest absolute Gasteiger partial charge is 0.268 e. The zero-order valence-electron chi connectivity index (χ0n) is 18.5. The molecule has 170 valence electrons. The minimum absolute atomic E-state index is 0.0589. The van der Waals surface area contributed by atoms with Crippen molar-refractivity contribution in [2.45, 2.75) is 6.92 Å². The van der Waals surface area contributed by atoms with Gasteiger partial charge in [0.2, 0.25) is 0 Å². The fourth-order valence-corrected chi connectivity index (χ4v) is 4.94. The molecule has 3 heterocycles. The number of fused-ring (bicyclic) bond motifs is 1. The Morgan fingerprint density at radius 3 is 2.63 bits per heavy atom. The minimum atomic E-state index is -0.418. The third-order valence-corrected chi connectivity index (χ3v) is 7.07. The number of thiophene rings is 2. The molecule has 3 aromatic heterocycles. The van der Waals surface area contributed by atoms with E-state index in [1.54, 1.807) is 46.3 Å². The Morgan fingerprint density at radius 1 is 1.03 bits per heavy atom. The number of hydrogen-bond donors (Lipinski definition) is 0. The molecule has 0 aliphatic carbocycles. The fraction of sp³-hybridized carbons (Fsp3) is 0.0370. The summed E-state index contributed by atoms with van der Waals surface area (Å²) in [7, 11) is 0. The van der Waals surface area contributed by atoms with Crippen molar-refractivity contribution in [1.29, 1.82) is 0 Å². The second kappa shape index (κ2) is 9.50. The van der Waals surface area contributed by atoms with Gasteiger partial charge in [-0.05, 0) is 72.5 Å². The Bertz CT molecular complexity index is 1720. The van der Waals surface area contributed by atoms with Gasteiger partial charge in [0, 0.05) is 16.5 Å². The van der Waals surface area contributed by atoms with E-state index in [1.807, 2.05) is 54.8 Å². The van der Waals surface area contributed by atoms with Gasteiger partial charge in [-0.25, -0.2) is 4.98 Å². The van der Waals surface area contributed by atoms with Gasteiger partial charge in [-0.1, -0.05) is 41.4 Å². The highest BCUT2D eigenvalue weighted by atomic mass is 32.1. The molecule has 0 fully saturated rings. The summed E-state index contributed by atoms with van der Waals surface area (Å²) in [4.78, 5) is 30.6. The SMILES string of the molecule is Cc1cc(C#Cc2cccs2)ccc1-n1c(C=Cc2ccc([N+](=O)[O-])s2)nc2ccccc2c1=O. The monoisotopic (exact) mass is 495 g/mol. The summed E-state index contributed by atoms with van der Waals surface area (Å²) < 4.78 is 1.58. The molecule has 35 heavy (non-hydrogen) atoms. The normalized spacial score (nSPS) is 11.0. The first-order valence-electron chi connectivity index (χ1n) is 10.6. The van der Waals surface area contributed by atoms with Gasteiger partial charge in [-0.15, -0.1) is 11.3 Å². The molecule has 2 aromatic carbocycles. The van der Waals surface area contributed by atoms with Crippen LogP contribution in [0.4, 0.5) is 5.00 Å². The molecular weight excluding hydrogens is 478 g/mol. The molecule has 0 saturated carbocycles. The molecule has 0 atom stereocenters. The van der Waals surface area contributed by atoms with E-state index in [0.717, 1.165) is 27.3 Å². The first-order valence-corrected chi connectivity index (χ1v) is 12.3. The van der Waals surface area contributed by atoms with Crippen molar-refractivity contribution in [2.75, 3.05) is 0 Å². The van der Waals surface area contributed by atoms with E-state index in [1.165, 1.54) is 6.07 Å². The van der Waals surface area contributed by atoms with Crippen molar-refractivity contribution in [3.63, 3.8) is 0 Å². The maximum absolute atomic E-state index is 13.5. The van der Waals surface area contributed by atoms with E-state index in [4.69, 9.17) is 4.98 Å². The fourth-order valence-electron chi connectivity index (χ4n) is 3.65. The van der Waals surface area contributed by atoms with Crippen molar-refractivity contribution in [3.8, 4) is 17.5 Å². The van der Waals surface area contributed by atoms with Gasteiger partial charge in [0.25, 0.3) is 5.56 Å². The van der Waals surface area contributed by atoms with Crippen molar-refractivity contribution in [1.82, 2.24) is 9.55 Å². The Balaban J connectivity index is 1.62. The molecule has 0 saturated heterocycles. The lowest BCUT2D eigenvalue weighted by Crippen LogP contribution is -2.23. The molecule has 0 aliphatic rings. The maximum atomic E-state index is 13.5. The van der Waals surface area contributed by atoms with E-state index >= 15 is 0 Å². The molecule has 0 radical (unpaired) electrons. The summed E-state index contributed by atoms with van der Waals surface area (Å²) in [5.41, 5.74) is 2.83. The van der Waals surface area contributed by atoms with Crippen LogP contribution in [0.1, 0.15) is 26.7 Å². The van der Waals surface area contributed by atoms with Crippen LogP contribution in [0.2, 0.25) is 0 Å². The van der Waals surface area contributed by atoms with E-state index in [2.05, 4.69) is 11.8 Å². The van der Waals surface area contributed by atoms with Crippen molar-refractivity contribution in [3.05, 3.63) is 119 Å². The van der Waals surface area contributed by atoms with E-state index < -0.39 is 4.92 Å². The molecule has 0 bridgehead atoms. The van der Waals surface area contributed by atoms with Crippen LogP contribution < -0.4 is 5.56 Å². The lowest BCUT2D eigenvalue weighted by atomic mass is 10.1. The summed E-state index contributed by atoms with van der Waals surface area (Å²) >= 11 is 2.65. The van der Waals surface area contributed by atoms with E-state index in [9.17, 15) is 14.9 Å². The highest BCUT2D eigenvalue weighted by Gasteiger charge is 2.14. The lowest BCUT2D eigenvalue weighted by molar-refractivity contribution is -0.380.